The lowest BCUT2D eigenvalue weighted by atomic mass is 10.0. The number of nitrogens with one attached hydrogen (secondary N) is 1. The zero-order valence-corrected chi connectivity index (χ0v) is 11.7. The Bertz CT molecular complexity index is 432. The summed E-state index contributed by atoms with van der Waals surface area (Å²) in [6.07, 6.45) is 0.975. The van der Waals surface area contributed by atoms with Crippen LogP contribution in [0.2, 0.25) is 0 Å². The summed E-state index contributed by atoms with van der Waals surface area (Å²) in [6, 6.07) is 7.86. The second-order valence-corrected chi connectivity index (χ2v) is 4.81. The van der Waals surface area contributed by atoms with Crippen molar-refractivity contribution < 1.29 is 9.53 Å². The molecule has 4 nitrogen and oxygen atoms in total. The first-order valence-electron chi connectivity index (χ1n) is 6.89. The summed E-state index contributed by atoms with van der Waals surface area (Å²) in [6.45, 7) is 4.82. The summed E-state index contributed by atoms with van der Waals surface area (Å²) in [5.41, 5.74) is 1.94. The molecule has 0 saturated carbocycles. The van der Waals surface area contributed by atoms with E-state index in [1.165, 1.54) is 0 Å². The molecule has 2 rings (SSSR count). The molecule has 104 valence electrons. The Morgan fingerprint density at radius 1 is 1.47 bits per heavy atom. The van der Waals surface area contributed by atoms with E-state index in [4.69, 9.17) is 4.74 Å². The lowest BCUT2D eigenvalue weighted by molar-refractivity contribution is -0.0196. The van der Waals surface area contributed by atoms with Crippen LogP contribution in [0.1, 0.15) is 22.8 Å². The van der Waals surface area contributed by atoms with E-state index in [1.54, 1.807) is 0 Å². The van der Waals surface area contributed by atoms with Crippen LogP contribution in [0.25, 0.3) is 0 Å². The van der Waals surface area contributed by atoms with E-state index < -0.39 is 0 Å². The van der Waals surface area contributed by atoms with Gasteiger partial charge in [0.1, 0.15) is 0 Å². The fraction of sp³-hybridized carbons (Fsp3) is 0.533. The molecule has 0 aliphatic carbocycles. The van der Waals surface area contributed by atoms with Crippen molar-refractivity contribution in [3.8, 4) is 0 Å². The average Bonchev–Trinajstić information content (AvgIpc) is 2.47. The van der Waals surface area contributed by atoms with Crippen LogP contribution in [0.4, 0.5) is 0 Å². The van der Waals surface area contributed by atoms with Gasteiger partial charge in [-0.3, -0.25) is 4.79 Å². The molecule has 0 aromatic heterocycles. The van der Waals surface area contributed by atoms with Gasteiger partial charge >= 0.3 is 0 Å². The van der Waals surface area contributed by atoms with Crippen molar-refractivity contribution in [1.82, 2.24) is 10.2 Å². The molecule has 0 radical (unpaired) electrons. The van der Waals surface area contributed by atoms with Gasteiger partial charge < -0.3 is 15.0 Å². The highest BCUT2D eigenvalue weighted by Gasteiger charge is 2.25. The van der Waals surface area contributed by atoms with Crippen molar-refractivity contribution in [3.63, 3.8) is 0 Å². The molecule has 4 heteroatoms. The SMILES string of the molecule is CCc1ccccc1C(=O)N1CCOC(CNC)C1. The van der Waals surface area contributed by atoms with Gasteiger partial charge in [-0.15, -0.1) is 0 Å². The molecule has 1 amide bonds. The maximum absolute atomic E-state index is 12.6. The van der Waals surface area contributed by atoms with Crippen LogP contribution >= 0.6 is 0 Å². The smallest absolute Gasteiger partial charge is 0.254 e. The maximum Gasteiger partial charge on any atom is 0.254 e. The summed E-state index contributed by atoms with van der Waals surface area (Å²) >= 11 is 0. The largest absolute Gasteiger partial charge is 0.373 e. The summed E-state index contributed by atoms with van der Waals surface area (Å²) in [5.74, 6) is 0.127. The van der Waals surface area contributed by atoms with Crippen molar-refractivity contribution >= 4 is 5.91 Å². The van der Waals surface area contributed by atoms with Crippen molar-refractivity contribution in [3.05, 3.63) is 35.4 Å². The van der Waals surface area contributed by atoms with E-state index in [2.05, 4.69) is 12.2 Å². The number of rotatable bonds is 4. The van der Waals surface area contributed by atoms with Crippen LogP contribution in [0.15, 0.2) is 24.3 Å². The van der Waals surface area contributed by atoms with Gasteiger partial charge in [-0.1, -0.05) is 25.1 Å². The van der Waals surface area contributed by atoms with E-state index >= 15 is 0 Å². The third-order valence-corrected chi connectivity index (χ3v) is 3.49. The number of amides is 1. The first-order chi connectivity index (χ1) is 9.26. The molecule has 1 aliphatic heterocycles. The van der Waals surface area contributed by atoms with E-state index in [-0.39, 0.29) is 12.0 Å². The normalized spacial score (nSPS) is 19.5. The van der Waals surface area contributed by atoms with Crippen LogP contribution in [0.3, 0.4) is 0 Å². The highest BCUT2D eigenvalue weighted by atomic mass is 16.5. The van der Waals surface area contributed by atoms with E-state index in [1.807, 2.05) is 36.2 Å². The van der Waals surface area contributed by atoms with Crippen molar-refractivity contribution in [2.75, 3.05) is 33.3 Å². The lowest BCUT2D eigenvalue weighted by Crippen LogP contribution is -2.48. The number of hydrogen-bond donors (Lipinski definition) is 1. The van der Waals surface area contributed by atoms with Crippen LogP contribution in [-0.4, -0.2) is 50.2 Å². The third kappa shape index (κ3) is 3.33. The Morgan fingerprint density at radius 3 is 3.00 bits per heavy atom. The quantitative estimate of drug-likeness (QED) is 0.889. The predicted octanol–water partition coefficient (Wildman–Crippen LogP) is 1.31. The third-order valence-electron chi connectivity index (χ3n) is 3.49. The van der Waals surface area contributed by atoms with Crippen molar-refractivity contribution in [1.29, 1.82) is 0 Å². The Morgan fingerprint density at radius 2 is 2.26 bits per heavy atom. The van der Waals surface area contributed by atoms with Gasteiger partial charge in [0.15, 0.2) is 0 Å². The average molecular weight is 262 g/mol. The summed E-state index contributed by atoms with van der Waals surface area (Å²) in [7, 11) is 1.90. The number of morpholine rings is 1. The van der Waals surface area contributed by atoms with E-state index in [9.17, 15) is 4.79 Å². The Labute approximate surface area is 114 Å². The molecule has 0 bridgehead atoms. The minimum Gasteiger partial charge on any atom is -0.373 e. The molecule has 1 unspecified atom stereocenters. The van der Waals surface area contributed by atoms with Crippen LogP contribution in [0.5, 0.6) is 0 Å². The van der Waals surface area contributed by atoms with E-state index in [0.717, 1.165) is 24.1 Å². The zero-order chi connectivity index (χ0) is 13.7. The molecule has 0 spiro atoms. The summed E-state index contributed by atoms with van der Waals surface area (Å²) < 4.78 is 5.63. The molecule has 1 saturated heterocycles. The number of nitrogens with zero attached hydrogens (tertiary/aromatic N) is 1. The fourth-order valence-corrected chi connectivity index (χ4v) is 2.46. The lowest BCUT2D eigenvalue weighted by Gasteiger charge is -2.33. The molecular formula is C15H22N2O2. The molecule has 1 N–H and O–H groups in total. The number of ether oxygens (including phenoxy) is 1. The van der Waals surface area contributed by atoms with Gasteiger partial charge in [0, 0.05) is 25.2 Å². The first kappa shape index (κ1) is 14.0. The molecule has 1 aliphatic rings. The molecular weight excluding hydrogens is 240 g/mol. The van der Waals surface area contributed by atoms with Crippen molar-refractivity contribution in [2.45, 2.75) is 19.4 Å². The Kier molecular flexibility index (Phi) is 4.93. The second kappa shape index (κ2) is 6.68. The molecule has 1 fully saturated rings. The van der Waals surface area contributed by atoms with Crippen LogP contribution < -0.4 is 5.32 Å². The molecule has 1 aromatic rings. The molecule has 1 heterocycles. The van der Waals surface area contributed by atoms with Gasteiger partial charge in [-0.05, 0) is 25.1 Å². The monoisotopic (exact) mass is 262 g/mol. The minimum atomic E-state index is 0.0940. The van der Waals surface area contributed by atoms with Crippen molar-refractivity contribution in [2.24, 2.45) is 0 Å². The van der Waals surface area contributed by atoms with Gasteiger partial charge in [-0.25, -0.2) is 0 Å². The van der Waals surface area contributed by atoms with Crippen LogP contribution in [-0.2, 0) is 11.2 Å². The first-order valence-corrected chi connectivity index (χ1v) is 6.89. The number of carbonyl (C=O) groups is 1. The number of hydrogen-bond acceptors (Lipinski definition) is 3. The topological polar surface area (TPSA) is 41.6 Å². The standard InChI is InChI=1S/C15H22N2O2/c1-3-12-6-4-5-7-14(12)15(18)17-8-9-19-13(11-17)10-16-2/h4-7,13,16H,3,8-11H2,1-2H3. The number of benzene rings is 1. The highest BCUT2D eigenvalue weighted by Crippen LogP contribution is 2.15. The van der Waals surface area contributed by atoms with Gasteiger partial charge in [0.25, 0.3) is 5.91 Å². The number of likely N-dealkylation sites (N-methyl/N-ethyl adjacent to an activating group) is 1. The highest BCUT2D eigenvalue weighted by molar-refractivity contribution is 5.95. The second-order valence-electron chi connectivity index (χ2n) is 4.81. The van der Waals surface area contributed by atoms with Crippen LogP contribution in [0, 0.1) is 0 Å². The van der Waals surface area contributed by atoms with Gasteiger partial charge in [0.2, 0.25) is 0 Å². The molecule has 1 atom stereocenters. The van der Waals surface area contributed by atoms with Gasteiger partial charge in [-0.2, -0.15) is 0 Å². The van der Waals surface area contributed by atoms with E-state index in [0.29, 0.717) is 19.7 Å². The number of carbonyl (C=O) groups excluding carboxylic acids is 1. The fourth-order valence-electron chi connectivity index (χ4n) is 2.46. The summed E-state index contributed by atoms with van der Waals surface area (Å²) in [4.78, 5) is 14.5. The minimum absolute atomic E-state index is 0.0940. The zero-order valence-electron chi connectivity index (χ0n) is 11.7. The Balaban J connectivity index is 2.10. The molecule has 1 aromatic carbocycles. The Hall–Kier alpha value is -1.39. The van der Waals surface area contributed by atoms with Gasteiger partial charge in [0.05, 0.1) is 12.7 Å². The summed E-state index contributed by atoms with van der Waals surface area (Å²) in [5, 5.41) is 3.10. The maximum atomic E-state index is 12.6. The number of aryl methyl sites for hydroxylation is 1. The predicted molar refractivity (Wildman–Crippen MR) is 75.4 cm³/mol. The molecule has 19 heavy (non-hydrogen) atoms.